The molecule has 0 radical (unpaired) electrons. The van der Waals surface area contributed by atoms with E-state index in [4.69, 9.17) is 5.73 Å². The van der Waals surface area contributed by atoms with Crippen LogP contribution in [0.3, 0.4) is 0 Å². The van der Waals surface area contributed by atoms with Crippen molar-refractivity contribution >= 4 is 11.8 Å². The van der Waals surface area contributed by atoms with E-state index in [2.05, 4.69) is 5.32 Å². The van der Waals surface area contributed by atoms with Gasteiger partial charge in [0, 0.05) is 5.41 Å². The summed E-state index contributed by atoms with van der Waals surface area (Å²) < 4.78 is 0. The molecule has 4 heteroatoms. The van der Waals surface area contributed by atoms with E-state index in [1.165, 1.54) is 19.3 Å². The van der Waals surface area contributed by atoms with Crippen molar-refractivity contribution < 1.29 is 9.59 Å². The van der Waals surface area contributed by atoms with E-state index in [1.54, 1.807) is 0 Å². The Morgan fingerprint density at radius 1 is 1.14 bits per heavy atom. The van der Waals surface area contributed by atoms with Gasteiger partial charge >= 0.3 is 0 Å². The van der Waals surface area contributed by atoms with Crippen molar-refractivity contribution in [1.82, 2.24) is 5.32 Å². The Bertz CT molecular complexity index is 470. The largest absolute Gasteiger partial charge is 0.368 e. The van der Waals surface area contributed by atoms with E-state index in [0.29, 0.717) is 6.42 Å². The van der Waals surface area contributed by atoms with Crippen LogP contribution in [0, 0.1) is 23.2 Å². The van der Waals surface area contributed by atoms with Gasteiger partial charge in [-0.05, 0) is 76.5 Å². The summed E-state index contributed by atoms with van der Waals surface area (Å²) >= 11 is 0. The highest BCUT2D eigenvalue weighted by molar-refractivity contribution is 5.89. The maximum atomic E-state index is 12.9. The van der Waals surface area contributed by atoms with Crippen molar-refractivity contribution in [2.24, 2.45) is 28.9 Å². The van der Waals surface area contributed by atoms with E-state index < -0.39 is 11.9 Å². The fourth-order valence-corrected chi connectivity index (χ4v) is 5.30. The average molecular weight is 304 g/mol. The second kappa shape index (κ2) is 5.71. The van der Waals surface area contributed by atoms with E-state index in [9.17, 15) is 9.59 Å². The molecule has 0 heterocycles. The van der Waals surface area contributed by atoms with Crippen LogP contribution in [0.2, 0.25) is 0 Å². The summed E-state index contributed by atoms with van der Waals surface area (Å²) in [5, 5.41) is 2.97. The number of primary amides is 1. The molecule has 0 saturated heterocycles. The smallest absolute Gasteiger partial charge is 0.240 e. The van der Waals surface area contributed by atoms with Crippen LogP contribution in [0.15, 0.2) is 11.6 Å². The Hall–Kier alpha value is -1.32. The standard InChI is InChI=1S/C18H28N2O2/c1-11(2)3-4-15(16(19)21)20-17(22)18-8-12-5-13(9-18)7-14(6-12)10-18/h3,12-15H,4-10H2,1-2H3,(H2,19,21)(H,20,22)/t12?,13?,14?,15-,18?/m1/s1. The molecule has 4 rings (SSSR count). The molecule has 4 fully saturated rings. The number of carbonyl (C=O) groups is 2. The summed E-state index contributed by atoms with van der Waals surface area (Å²) in [6.07, 6.45) is 9.43. The SMILES string of the molecule is CC(C)=CC[C@@H](NC(=O)C12CC3CC(CC(C3)C1)C2)C(N)=O. The van der Waals surface area contributed by atoms with E-state index in [0.717, 1.165) is 42.6 Å². The first-order valence-corrected chi connectivity index (χ1v) is 8.61. The fraction of sp³-hybridized carbons (Fsp3) is 0.778. The van der Waals surface area contributed by atoms with Gasteiger partial charge in [0.25, 0.3) is 0 Å². The molecule has 0 aromatic rings. The third-order valence-electron chi connectivity index (χ3n) is 5.93. The van der Waals surface area contributed by atoms with Gasteiger partial charge in [-0.2, -0.15) is 0 Å². The summed E-state index contributed by atoms with van der Waals surface area (Å²) in [5.74, 6) is 1.82. The third kappa shape index (κ3) is 2.92. The molecule has 0 aliphatic heterocycles. The molecule has 4 aliphatic rings. The number of allylic oxidation sites excluding steroid dienone is 1. The monoisotopic (exact) mass is 304 g/mol. The van der Waals surface area contributed by atoms with E-state index in [1.807, 2.05) is 19.9 Å². The summed E-state index contributed by atoms with van der Waals surface area (Å²) in [6, 6.07) is -0.574. The van der Waals surface area contributed by atoms with Gasteiger partial charge in [-0.1, -0.05) is 11.6 Å². The highest BCUT2D eigenvalue weighted by atomic mass is 16.2. The first kappa shape index (κ1) is 15.6. The highest BCUT2D eigenvalue weighted by Gasteiger charge is 2.54. The van der Waals surface area contributed by atoms with Crippen LogP contribution in [-0.4, -0.2) is 17.9 Å². The molecule has 0 spiro atoms. The predicted octanol–water partition coefficient (Wildman–Crippen LogP) is 2.53. The van der Waals surface area contributed by atoms with Gasteiger partial charge in [0.05, 0.1) is 0 Å². The molecule has 2 amide bonds. The minimum absolute atomic E-state index is 0.0811. The first-order chi connectivity index (χ1) is 10.4. The van der Waals surface area contributed by atoms with Crippen molar-refractivity contribution in [3.05, 3.63) is 11.6 Å². The van der Waals surface area contributed by atoms with Gasteiger partial charge < -0.3 is 11.1 Å². The average Bonchev–Trinajstić information content (AvgIpc) is 2.41. The maximum Gasteiger partial charge on any atom is 0.240 e. The molecule has 1 atom stereocenters. The van der Waals surface area contributed by atoms with Crippen LogP contribution < -0.4 is 11.1 Å². The lowest BCUT2D eigenvalue weighted by Gasteiger charge is -2.55. The van der Waals surface area contributed by atoms with Crippen molar-refractivity contribution in [3.8, 4) is 0 Å². The third-order valence-corrected chi connectivity index (χ3v) is 5.93. The van der Waals surface area contributed by atoms with Gasteiger partial charge in [-0.25, -0.2) is 0 Å². The van der Waals surface area contributed by atoms with E-state index in [-0.39, 0.29) is 11.3 Å². The molecule has 0 aromatic heterocycles. The first-order valence-electron chi connectivity index (χ1n) is 8.61. The predicted molar refractivity (Wildman–Crippen MR) is 85.8 cm³/mol. The van der Waals surface area contributed by atoms with Crippen molar-refractivity contribution in [1.29, 1.82) is 0 Å². The Morgan fingerprint density at radius 3 is 2.05 bits per heavy atom. The van der Waals surface area contributed by atoms with Crippen molar-refractivity contribution in [2.75, 3.05) is 0 Å². The van der Waals surface area contributed by atoms with Gasteiger partial charge in [0.1, 0.15) is 6.04 Å². The minimum atomic E-state index is -0.574. The summed E-state index contributed by atoms with van der Waals surface area (Å²) in [7, 11) is 0. The zero-order valence-electron chi connectivity index (χ0n) is 13.7. The quantitative estimate of drug-likeness (QED) is 0.766. The molecule has 0 aromatic carbocycles. The lowest BCUT2D eigenvalue weighted by Crippen LogP contribution is -2.56. The topological polar surface area (TPSA) is 72.2 Å². The molecular formula is C18H28N2O2. The molecule has 3 N–H and O–H groups in total. The Kier molecular flexibility index (Phi) is 4.04. The Balaban J connectivity index is 1.70. The number of rotatable bonds is 5. The van der Waals surface area contributed by atoms with Crippen LogP contribution in [-0.2, 0) is 9.59 Å². The normalized spacial score (nSPS) is 36.7. The fourth-order valence-electron chi connectivity index (χ4n) is 5.30. The lowest BCUT2D eigenvalue weighted by molar-refractivity contribution is -0.148. The number of nitrogens with one attached hydrogen (secondary N) is 1. The molecule has 4 bridgehead atoms. The van der Waals surface area contributed by atoms with Gasteiger partial charge in [0.2, 0.25) is 11.8 Å². The number of amides is 2. The van der Waals surface area contributed by atoms with Gasteiger partial charge in [-0.15, -0.1) is 0 Å². The van der Waals surface area contributed by atoms with Crippen LogP contribution in [0.4, 0.5) is 0 Å². The summed E-state index contributed by atoms with van der Waals surface area (Å²) in [5.41, 5.74) is 6.40. The zero-order chi connectivity index (χ0) is 15.9. The number of hydrogen-bond donors (Lipinski definition) is 2. The second-order valence-corrected chi connectivity index (χ2v) is 8.14. The highest BCUT2D eigenvalue weighted by Crippen LogP contribution is 2.60. The van der Waals surface area contributed by atoms with Crippen LogP contribution in [0.1, 0.15) is 58.8 Å². The summed E-state index contributed by atoms with van der Waals surface area (Å²) in [4.78, 5) is 24.6. The van der Waals surface area contributed by atoms with Crippen molar-refractivity contribution in [3.63, 3.8) is 0 Å². The molecule has 22 heavy (non-hydrogen) atoms. The van der Waals surface area contributed by atoms with E-state index >= 15 is 0 Å². The molecule has 4 saturated carbocycles. The molecular weight excluding hydrogens is 276 g/mol. The lowest BCUT2D eigenvalue weighted by atomic mass is 9.49. The minimum Gasteiger partial charge on any atom is -0.368 e. The molecule has 4 nitrogen and oxygen atoms in total. The van der Waals surface area contributed by atoms with Crippen LogP contribution in [0.25, 0.3) is 0 Å². The van der Waals surface area contributed by atoms with Gasteiger partial charge in [0.15, 0.2) is 0 Å². The van der Waals surface area contributed by atoms with Gasteiger partial charge in [-0.3, -0.25) is 9.59 Å². The summed E-state index contributed by atoms with van der Waals surface area (Å²) in [6.45, 7) is 3.97. The Morgan fingerprint density at radius 2 is 1.64 bits per heavy atom. The number of carbonyl (C=O) groups excluding carboxylic acids is 2. The molecule has 122 valence electrons. The molecule has 4 aliphatic carbocycles. The zero-order valence-corrected chi connectivity index (χ0v) is 13.7. The number of hydrogen-bond acceptors (Lipinski definition) is 2. The second-order valence-electron chi connectivity index (χ2n) is 8.14. The van der Waals surface area contributed by atoms with Crippen LogP contribution in [0.5, 0.6) is 0 Å². The Labute approximate surface area is 132 Å². The van der Waals surface area contributed by atoms with Crippen LogP contribution >= 0.6 is 0 Å². The molecule has 0 unspecified atom stereocenters. The van der Waals surface area contributed by atoms with Crippen molar-refractivity contribution in [2.45, 2.75) is 64.8 Å². The maximum absolute atomic E-state index is 12.9. The number of nitrogens with two attached hydrogens (primary N) is 1.